The van der Waals surface area contributed by atoms with Gasteiger partial charge in [0.25, 0.3) is 0 Å². The Morgan fingerprint density at radius 3 is 2.41 bits per heavy atom. The lowest BCUT2D eigenvalue weighted by Crippen LogP contribution is -2.58. The molecule has 27 heavy (non-hydrogen) atoms. The Morgan fingerprint density at radius 1 is 1.11 bits per heavy atom. The monoisotopic (exact) mass is 367 g/mol. The van der Waals surface area contributed by atoms with E-state index in [9.17, 15) is 18.8 Å². The number of anilines is 1. The molecule has 6 nitrogen and oxygen atoms in total. The first-order valence-electron chi connectivity index (χ1n) is 8.38. The Balaban J connectivity index is 1.83. The Bertz CT molecular complexity index is 894. The van der Waals surface area contributed by atoms with Crippen molar-refractivity contribution in [2.24, 2.45) is 5.92 Å². The third-order valence-electron chi connectivity index (χ3n) is 4.19. The van der Waals surface area contributed by atoms with Crippen LogP contribution in [0.2, 0.25) is 0 Å². The van der Waals surface area contributed by atoms with Crippen molar-refractivity contribution in [3.05, 3.63) is 77.8 Å². The summed E-state index contributed by atoms with van der Waals surface area (Å²) in [5, 5.41) is 5.19. The molecule has 3 rings (SSSR count). The summed E-state index contributed by atoms with van der Waals surface area (Å²) in [6.45, 7) is 1.73. The summed E-state index contributed by atoms with van der Waals surface area (Å²) < 4.78 is 13.1. The maximum Gasteiger partial charge on any atom is 0.331 e. The number of nitrogens with one attached hydrogen (secondary N) is 2. The number of nitrogens with zero attached hydrogens (tertiary/aromatic N) is 1. The highest BCUT2D eigenvalue weighted by Crippen LogP contribution is 2.23. The van der Waals surface area contributed by atoms with Crippen molar-refractivity contribution in [2.75, 3.05) is 5.32 Å². The topological polar surface area (TPSA) is 78.5 Å². The summed E-state index contributed by atoms with van der Waals surface area (Å²) >= 11 is 0. The summed E-state index contributed by atoms with van der Waals surface area (Å²) in [7, 11) is 0. The van der Waals surface area contributed by atoms with Gasteiger partial charge in [0.2, 0.25) is 11.8 Å². The van der Waals surface area contributed by atoms with E-state index in [0.29, 0.717) is 11.4 Å². The molecule has 0 aliphatic carbocycles. The number of carbonyl (C=O) groups is 3. The summed E-state index contributed by atoms with van der Waals surface area (Å²) in [6.07, 6.45) is 1.59. The zero-order valence-electron chi connectivity index (χ0n) is 14.6. The van der Waals surface area contributed by atoms with Gasteiger partial charge >= 0.3 is 6.03 Å². The molecular formula is C20H18FN3O3. The predicted octanol–water partition coefficient (Wildman–Crippen LogP) is 3.04. The zero-order valence-corrected chi connectivity index (χ0v) is 14.6. The number of hydrogen-bond donors (Lipinski definition) is 2. The average Bonchev–Trinajstić information content (AvgIpc) is 2.66. The Hall–Kier alpha value is -3.48. The van der Waals surface area contributed by atoms with Crippen LogP contribution in [0.5, 0.6) is 0 Å². The standard InChI is InChI=1S/C20H18FN3O3/c1-2-16(22-15-10-8-14(21)9-11-15)17-18(25)23-20(27)24(19(17)26)12-13-6-4-3-5-7-13/h2-11,17,22H,12H2,1H3,(H,23,25,27)/b16-2+/t17-/m1/s1. The molecule has 0 aromatic heterocycles. The van der Waals surface area contributed by atoms with E-state index >= 15 is 0 Å². The molecule has 7 heteroatoms. The van der Waals surface area contributed by atoms with Gasteiger partial charge in [-0.2, -0.15) is 0 Å². The molecular weight excluding hydrogens is 349 g/mol. The normalized spacial score (nSPS) is 17.7. The first-order chi connectivity index (χ1) is 13.0. The number of hydrogen-bond acceptors (Lipinski definition) is 4. The summed E-state index contributed by atoms with van der Waals surface area (Å²) in [5.41, 5.74) is 1.61. The molecule has 2 aromatic carbocycles. The second-order valence-electron chi connectivity index (χ2n) is 6.01. The lowest BCUT2D eigenvalue weighted by molar-refractivity contribution is -0.141. The number of barbiturate groups is 1. The quantitative estimate of drug-likeness (QED) is 0.797. The van der Waals surface area contributed by atoms with Gasteiger partial charge in [-0.1, -0.05) is 36.4 Å². The first-order valence-corrected chi connectivity index (χ1v) is 8.38. The van der Waals surface area contributed by atoms with Crippen molar-refractivity contribution in [3.63, 3.8) is 0 Å². The van der Waals surface area contributed by atoms with Gasteiger partial charge in [-0.3, -0.25) is 19.8 Å². The van der Waals surface area contributed by atoms with E-state index in [-0.39, 0.29) is 6.54 Å². The van der Waals surface area contributed by atoms with Crippen LogP contribution in [-0.2, 0) is 16.1 Å². The third-order valence-corrected chi connectivity index (χ3v) is 4.19. The van der Waals surface area contributed by atoms with Crippen LogP contribution in [0.25, 0.3) is 0 Å². The van der Waals surface area contributed by atoms with E-state index in [0.717, 1.165) is 10.5 Å². The lowest BCUT2D eigenvalue weighted by Gasteiger charge is -2.31. The fourth-order valence-electron chi connectivity index (χ4n) is 2.81. The highest BCUT2D eigenvalue weighted by molar-refractivity contribution is 6.18. The van der Waals surface area contributed by atoms with Gasteiger partial charge in [-0.05, 0) is 36.8 Å². The van der Waals surface area contributed by atoms with E-state index in [1.54, 1.807) is 37.3 Å². The van der Waals surface area contributed by atoms with Crippen molar-refractivity contribution in [2.45, 2.75) is 13.5 Å². The number of carbonyl (C=O) groups excluding carboxylic acids is 3. The molecule has 0 radical (unpaired) electrons. The molecule has 2 N–H and O–H groups in total. The highest BCUT2D eigenvalue weighted by atomic mass is 19.1. The molecule has 0 unspecified atom stereocenters. The largest absolute Gasteiger partial charge is 0.358 e. The highest BCUT2D eigenvalue weighted by Gasteiger charge is 2.42. The summed E-state index contributed by atoms with van der Waals surface area (Å²) in [4.78, 5) is 38.4. The molecule has 0 bridgehead atoms. The Labute approximate surface area is 155 Å². The predicted molar refractivity (Wildman–Crippen MR) is 97.8 cm³/mol. The zero-order chi connectivity index (χ0) is 19.4. The molecule has 0 spiro atoms. The van der Waals surface area contributed by atoms with Crippen LogP contribution in [0.15, 0.2) is 66.4 Å². The van der Waals surface area contributed by atoms with Gasteiger partial charge in [0.05, 0.1) is 6.54 Å². The number of benzene rings is 2. The van der Waals surface area contributed by atoms with Gasteiger partial charge in [0, 0.05) is 11.4 Å². The first kappa shape index (κ1) is 18.3. The lowest BCUT2D eigenvalue weighted by atomic mass is 9.99. The fraction of sp³-hybridized carbons (Fsp3) is 0.150. The van der Waals surface area contributed by atoms with Crippen molar-refractivity contribution < 1.29 is 18.8 Å². The Kier molecular flexibility index (Phi) is 5.30. The van der Waals surface area contributed by atoms with E-state index in [1.165, 1.54) is 24.3 Å². The minimum absolute atomic E-state index is 0.0584. The number of allylic oxidation sites excluding steroid dienone is 1. The second kappa shape index (κ2) is 7.82. The van der Waals surface area contributed by atoms with Crippen LogP contribution in [0.1, 0.15) is 12.5 Å². The average molecular weight is 367 g/mol. The molecule has 1 saturated heterocycles. The number of halogens is 1. The van der Waals surface area contributed by atoms with E-state index in [1.807, 2.05) is 6.07 Å². The van der Waals surface area contributed by atoms with Gasteiger partial charge < -0.3 is 5.32 Å². The van der Waals surface area contributed by atoms with Crippen molar-refractivity contribution in [1.82, 2.24) is 10.2 Å². The van der Waals surface area contributed by atoms with Crippen molar-refractivity contribution >= 4 is 23.5 Å². The smallest absolute Gasteiger partial charge is 0.331 e. The van der Waals surface area contributed by atoms with E-state index in [4.69, 9.17) is 0 Å². The van der Waals surface area contributed by atoms with Crippen LogP contribution < -0.4 is 10.6 Å². The van der Waals surface area contributed by atoms with Crippen LogP contribution in [0.3, 0.4) is 0 Å². The van der Waals surface area contributed by atoms with Crippen molar-refractivity contribution in [3.8, 4) is 0 Å². The minimum Gasteiger partial charge on any atom is -0.358 e. The molecule has 1 aliphatic rings. The SMILES string of the molecule is C/C=C(/Nc1ccc(F)cc1)[C@@H]1C(=O)NC(=O)N(Cc2ccccc2)C1=O. The summed E-state index contributed by atoms with van der Waals surface area (Å²) in [6, 6.07) is 13.8. The maximum atomic E-state index is 13.1. The third kappa shape index (κ3) is 4.03. The Morgan fingerprint density at radius 2 is 1.78 bits per heavy atom. The molecule has 1 aliphatic heterocycles. The van der Waals surface area contributed by atoms with Gasteiger partial charge in [-0.25, -0.2) is 9.18 Å². The van der Waals surface area contributed by atoms with Gasteiger partial charge in [0.1, 0.15) is 5.82 Å². The molecule has 0 saturated carbocycles. The summed E-state index contributed by atoms with van der Waals surface area (Å²) in [5.74, 6) is -2.90. The molecule has 2 aromatic rings. The molecule has 4 amide bonds. The molecule has 138 valence electrons. The number of urea groups is 1. The van der Waals surface area contributed by atoms with Crippen LogP contribution >= 0.6 is 0 Å². The molecule has 1 fully saturated rings. The van der Waals surface area contributed by atoms with Crippen LogP contribution in [0.4, 0.5) is 14.9 Å². The second-order valence-corrected chi connectivity index (χ2v) is 6.01. The van der Waals surface area contributed by atoms with Crippen LogP contribution in [-0.4, -0.2) is 22.7 Å². The van der Waals surface area contributed by atoms with Crippen LogP contribution in [0, 0.1) is 11.7 Å². The molecule has 1 heterocycles. The van der Waals surface area contributed by atoms with E-state index < -0.39 is 29.6 Å². The maximum absolute atomic E-state index is 13.1. The molecule has 1 atom stereocenters. The number of imide groups is 2. The van der Waals surface area contributed by atoms with Gasteiger partial charge in [0.15, 0.2) is 5.92 Å². The van der Waals surface area contributed by atoms with E-state index in [2.05, 4.69) is 10.6 Å². The minimum atomic E-state index is -1.19. The number of rotatable bonds is 5. The number of amides is 4. The fourth-order valence-corrected chi connectivity index (χ4v) is 2.81. The van der Waals surface area contributed by atoms with Gasteiger partial charge in [-0.15, -0.1) is 0 Å². The van der Waals surface area contributed by atoms with Crippen molar-refractivity contribution in [1.29, 1.82) is 0 Å².